The number of ether oxygens (including phenoxy) is 2. The minimum Gasteiger partial charge on any atom is -0.350 e. The second-order valence-electron chi connectivity index (χ2n) is 10.4. The van der Waals surface area contributed by atoms with Crippen molar-refractivity contribution >= 4 is 17.7 Å². The van der Waals surface area contributed by atoms with Crippen LogP contribution in [0.5, 0.6) is 0 Å². The molecule has 2 aromatic rings. The van der Waals surface area contributed by atoms with Crippen molar-refractivity contribution in [3.8, 4) is 0 Å². The van der Waals surface area contributed by atoms with Crippen molar-refractivity contribution in [2.45, 2.75) is 64.4 Å². The molecule has 2 fully saturated rings. The highest BCUT2D eigenvalue weighted by Crippen LogP contribution is 2.33. The molecule has 10 heteroatoms. The number of carbonyl (C=O) groups excluding carboxylic acids is 3. The van der Waals surface area contributed by atoms with Crippen molar-refractivity contribution in [2.24, 2.45) is 0 Å². The number of rotatable bonds is 6. The number of nitrogens with zero attached hydrogens (tertiary/aromatic N) is 4. The number of amides is 3. The van der Waals surface area contributed by atoms with Gasteiger partial charge in [-0.3, -0.25) is 14.4 Å². The predicted octanol–water partition coefficient (Wildman–Crippen LogP) is 2.11. The maximum Gasteiger partial charge on any atom is 0.274 e. The molecule has 1 aromatic heterocycles. The summed E-state index contributed by atoms with van der Waals surface area (Å²) in [5.74, 6) is -1.46. The number of hydrogen-bond donors (Lipinski definition) is 1. The maximum atomic E-state index is 13.8. The Hall–Kier alpha value is -3.24. The SMILES string of the molecule is CCCN1C(=O)c2c(C(=O)N3CCC4(CC3)OCCO4)ncn2C[C@@]1(C)C(=O)NCc1ccc(C)cc1. The van der Waals surface area contributed by atoms with E-state index in [0.29, 0.717) is 58.7 Å². The summed E-state index contributed by atoms with van der Waals surface area (Å²) >= 11 is 0. The number of hydrogen-bond acceptors (Lipinski definition) is 6. The minimum absolute atomic E-state index is 0.137. The van der Waals surface area contributed by atoms with Crippen LogP contribution in [0.15, 0.2) is 30.6 Å². The van der Waals surface area contributed by atoms with Crippen LogP contribution < -0.4 is 5.32 Å². The van der Waals surface area contributed by atoms with Crippen LogP contribution in [-0.2, 0) is 27.4 Å². The van der Waals surface area contributed by atoms with Crippen LogP contribution >= 0.6 is 0 Å². The first-order chi connectivity index (χ1) is 17.8. The van der Waals surface area contributed by atoms with Gasteiger partial charge in [0.1, 0.15) is 11.2 Å². The van der Waals surface area contributed by atoms with Crippen molar-refractivity contribution in [3.05, 3.63) is 53.1 Å². The maximum absolute atomic E-state index is 13.8. The molecule has 0 unspecified atom stereocenters. The average molecular weight is 510 g/mol. The highest BCUT2D eigenvalue weighted by Gasteiger charge is 2.49. The number of fused-ring (bicyclic) bond motifs is 1. The second-order valence-corrected chi connectivity index (χ2v) is 10.4. The van der Waals surface area contributed by atoms with Crippen LogP contribution in [0.25, 0.3) is 0 Å². The number of benzene rings is 1. The Morgan fingerprint density at radius 1 is 1.11 bits per heavy atom. The van der Waals surface area contributed by atoms with E-state index in [-0.39, 0.29) is 35.7 Å². The van der Waals surface area contributed by atoms with Gasteiger partial charge in [-0.25, -0.2) is 4.98 Å². The molecule has 10 nitrogen and oxygen atoms in total. The fourth-order valence-electron chi connectivity index (χ4n) is 5.48. The fraction of sp³-hybridized carbons (Fsp3) is 0.556. The molecule has 1 spiro atoms. The van der Waals surface area contributed by atoms with Gasteiger partial charge in [0.05, 0.1) is 26.1 Å². The summed E-state index contributed by atoms with van der Waals surface area (Å²) in [7, 11) is 0. The summed E-state index contributed by atoms with van der Waals surface area (Å²) in [5, 5.41) is 3.01. The summed E-state index contributed by atoms with van der Waals surface area (Å²) in [6.07, 6.45) is 3.36. The van der Waals surface area contributed by atoms with E-state index >= 15 is 0 Å². The lowest BCUT2D eigenvalue weighted by atomic mass is 9.93. The van der Waals surface area contributed by atoms with E-state index < -0.39 is 11.3 Å². The zero-order valence-corrected chi connectivity index (χ0v) is 21.8. The van der Waals surface area contributed by atoms with E-state index in [4.69, 9.17) is 9.47 Å². The Bertz CT molecular complexity index is 1180. The van der Waals surface area contributed by atoms with Crippen LogP contribution in [0.2, 0.25) is 0 Å². The molecule has 5 rings (SSSR count). The Morgan fingerprint density at radius 2 is 1.78 bits per heavy atom. The largest absolute Gasteiger partial charge is 0.350 e. The molecule has 1 atom stereocenters. The fourth-order valence-corrected chi connectivity index (χ4v) is 5.48. The Kier molecular flexibility index (Phi) is 6.80. The molecule has 0 radical (unpaired) electrons. The first-order valence-corrected chi connectivity index (χ1v) is 13.0. The first-order valence-electron chi connectivity index (χ1n) is 13.0. The summed E-state index contributed by atoms with van der Waals surface area (Å²) in [6, 6.07) is 7.96. The van der Waals surface area contributed by atoms with E-state index in [1.807, 2.05) is 38.1 Å². The van der Waals surface area contributed by atoms with Crippen LogP contribution in [0, 0.1) is 6.92 Å². The van der Waals surface area contributed by atoms with Crippen molar-refractivity contribution in [2.75, 3.05) is 32.8 Å². The van der Waals surface area contributed by atoms with E-state index in [1.165, 1.54) is 6.33 Å². The standard InChI is InChI=1S/C27H35N5O5/c1-4-11-32-24(34)22-21(23(33)30-12-9-27(10-13-30)36-14-15-37-27)29-18-31(22)17-26(32,3)25(35)28-16-20-7-5-19(2)6-8-20/h5-8,18H,4,9-17H2,1-3H3,(H,28,35)/t26-/m0/s1. The van der Waals surface area contributed by atoms with Crippen molar-refractivity contribution in [1.29, 1.82) is 0 Å². The number of likely N-dealkylation sites (tertiary alicyclic amines) is 1. The molecule has 3 amide bonds. The predicted molar refractivity (Wildman–Crippen MR) is 135 cm³/mol. The van der Waals surface area contributed by atoms with Crippen molar-refractivity contribution in [3.63, 3.8) is 0 Å². The molecule has 1 aromatic carbocycles. The van der Waals surface area contributed by atoms with Gasteiger partial charge < -0.3 is 29.2 Å². The van der Waals surface area contributed by atoms with Crippen molar-refractivity contribution in [1.82, 2.24) is 24.7 Å². The Morgan fingerprint density at radius 3 is 2.43 bits per heavy atom. The van der Waals surface area contributed by atoms with E-state index in [2.05, 4.69) is 10.3 Å². The molecule has 1 N–H and O–H groups in total. The summed E-state index contributed by atoms with van der Waals surface area (Å²) in [4.78, 5) is 48.4. The van der Waals surface area contributed by atoms with Gasteiger partial charge in [0.25, 0.3) is 11.8 Å². The number of aromatic nitrogens is 2. The number of imidazole rings is 1. The third kappa shape index (κ3) is 4.64. The summed E-state index contributed by atoms with van der Waals surface area (Å²) < 4.78 is 13.2. The highest BCUT2D eigenvalue weighted by atomic mass is 16.7. The second kappa shape index (κ2) is 9.90. The molecule has 2 saturated heterocycles. The molecule has 4 heterocycles. The smallest absolute Gasteiger partial charge is 0.274 e. The average Bonchev–Trinajstić information content (AvgIpc) is 3.53. The number of piperidine rings is 1. The molecule has 0 bridgehead atoms. The molecule has 3 aliphatic rings. The number of carbonyl (C=O) groups is 3. The van der Waals surface area contributed by atoms with Gasteiger partial charge in [0.15, 0.2) is 11.5 Å². The Labute approximate surface area is 216 Å². The van der Waals surface area contributed by atoms with Gasteiger partial charge in [-0.1, -0.05) is 36.8 Å². The third-order valence-electron chi connectivity index (χ3n) is 7.70. The minimum atomic E-state index is -1.11. The van der Waals surface area contributed by atoms with Crippen LogP contribution in [0.1, 0.15) is 65.2 Å². The summed E-state index contributed by atoms with van der Waals surface area (Å²) in [6.45, 7) is 8.83. The van der Waals surface area contributed by atoms with E-state index in [0.717, 1.165) is 11.1 Å². The van der Waals surface area contributed by atoms with Gasteiger partial charge in [-0.2, -0.15) is 0 Å². The van der Waals surface area contributed by atoms with Gasteiger partial charge in [0, 0.05) is 39.0 Å². The quantitative estimate of drug-likeness (QED) is 0.640. The zero-order chi connectivity index (χ0) is 26.2. The first kappa shape index (κ1) is 25.4. The third-order valence-corrected chi connectivity index (χ3v) is 7.70. The normalized spacial score (nSPS) is 22.8. The molecular weight excluding hydrogens is 474 g/mol. The molecule has 37 heavy (non-hydrogen) atoms. The topological polar surface area (TPSA) is 106 Å². The van der Waals surface area contributed by atoms with Crippen molar-refractivity contribution < 1.29 is 23.9 Å². The van der Waals surface area contributed by atoms with E-state index in [1.54, 1.807) is 21.3 Å². The van der Waals surface area contributed by atoms with Gasteiger partial charge in [0.2, 0.25) is 5.91 Å². The summed E-state index contributed by atoms with van der Waals surface area (Å²) in [5.41, 5.74) is 1.41. The molecule has 3 aliphatic heterocycles. The highest BCUT2D eigenvalue weighted by molar-refractivity contribution is 6.07. The van der Waals surface area contributed by atoms with Crippen LogP contribution in [0.3, 0.4) is 0 Å². The van der Waals surface area contributed by atoms with Gasteiger partial charge in [-0.15, -0.1) is 0 Å². The van der Waals surface area contributed by atoms with Crippen LogP contribution in [0.4, 0.5) is 0 Å². The molecular formula is C27H35N5O5. The Balaban J connectivity index is 1.34. The lowest BCUT2D eigenvalue weighted by Gasteiger charge is -2.44. The monoisotopic (exact) mass is 509 g/mol. The van der Waals surface area contributed by atoms with Gasteiger partial charge in [-0.05, 0) is 25.8 Å². The lowest BCUT2D eigenvalue weighted by molar-refractivity contribution is -0.181. The molecule has 0 saturated carbocycles. The number of aryl methyl sites for hydroxylation is 1. The zero-order valence-electron chi connectivity index (χ0n) is 21.8. The van der Waals surface area contributed by atoms with E-state index in [9.17, 15) is 14.4 Å². The molecule has 0 aliphatic carbocycles. The molecule has 198 valence electrons. The number of nitrogens with one attached hydrogen (secondary N) is 1. The van der Waals surface area contributed by atoms with Crippen LogP contribution in [-0.4, -0.2) is 81.2 Å². The van der Waals surface area contributed by atoms with Gasteiger partial charge >= 0.3 is 0 Å². The lowest BCUT2D eigenvalue weighted by Crippen LogP contribution is -2.64.